The Morgan fingerprint density at radius 2 is 1.66 bits per heavy atom. The highest BCUT2D eigenvalue weighted by molar-refractivity contribution is 8.27. The van der Waals surface area contributed by atoms with Crippen molar-refractivity contribution in [2.75, 3.05) is 31.0 Å². The minimum atomic E-state index is -0.0696. The second-order valence-electron chi connectivity index (χ2n) is 11.1. The maximum Gasteiger partial charge on any atom is 0.270 e. The lowest BCUT2D eigenvalue weighted by molar-refractivity contribution is -0.113. The van der Waals surface area contributed by atoms with Gasteiger partial charge in [0.15, 0.2) is 4.32 Å². The molecule has 4 bridgehead atoms. The molecule has 0 aromatic heterocycles. The van der Waals surface area contributed by atoms with Crippen LogP contribution in [0.4, 0.5) is 11.4 Å². The standard InChI is InChI=1S/C29H32N2O2S2/c1-30(2)23-5-7-24(8-6-23)31-27(32)26(35-28(31)34)14-21-13-22(4-9-25(21)33-3)29-15-18-10-19(16-29)12-20(11-18)17-29/h4-9,13-14,18-20H,10-12,15-17H2,1-3H3/b26-14+. The van der Waals surface area contributed by atoms with Gasteiger partial charge < -0.3 is 9.64 Å². The molecule has 0 N–H and O–H groups in total. The Bertz CT molecular complexity index is 1180. The Kier molecular flexibility index (Phi) is 5.72. The molecule has 0 unspecified atom stereocenters. The number of hydrogen-bond acceptors (Lipinski definition) is 5. The number of thioether (sulfide) groups is 1. The number of carbonyl (C=O) groups is 1. The van der Waals surface area contributed by atoms with Crippen molar-refractivity contribution in [2.45, 2.75) is 43.9 Å². The van der Waals surface area contributed by atoms with Crippen LogP contribution in [0, 0.1) is 17.8 Å². The normalized spacial score (nSPS) is 30.4. The predicted octanol–water partition coefficient (Wildman–Crippen LogP) is 6.63. The Balaban J connectivity index is 1.32. The summed E-state index contributed by atoms with van der Waals surface area (Å²) in [4.78, 5) is 17.8. The van der Waals surface area contributed by atoms with Gasteiger partial charge in [0.05, 0.1) is 17.7 Å². The largest absolute Gasteiger partial charge is 0.496 e. The Morgan fingerprint density at radius 1 is 1.03 bits per heavy atom. The van der Waals surface area contributed by atoms with Crippen LogP contribution in [0.1, 0.15) is 49.7 Å². The molecule has 35 heavy (non-hydrogen) atoms. The molecule has 7 rings (SSSR count). The van der Waals surface area contributed by atoms with Gasteiger partial charge in [0.1, 0.15) is 5.75 Å². The molecular formula is C29H32N2O2S2. The lowest BCUT2D eigenvalue weighted by atomic mass is 9.48. The topological polar surface area (TPSA) is 32.8 Å². The van der Waals surface area contributed by atoms with E-state index in [1.165, 1.54) is 55.9 Å². The van der Waals surface area contributed by atoms with Crippen molar-refractivity contribution in [1.82, 2.24) is 0 Å². The van der Waals surface area contributed by atoms with E-state index >= 15 is 0 Å². The first-order valence-electron chi connectivity index (χ1n) is 12.6. The van der Waals surface area contributed by atoms with E-state index in [4.69, 9.17) is 17.0 Å². The van der Waals surface area contributed by atoms with Gasteiger partial charge in [-0.05, 0) is 110 Å². The van der Waals surface area contributed by atoms with Crippen LogP contribution in [0.25, 0.3) is 6.08 Å². The molecule has 1 saturated heterocycles. The average Bonchev–Trinajstić information content (AvgIpc) is 3.10. The lowest BCUT2D eigenvalue weighted by Crippen LogP contribution is -2.48. The molecule has 2 aromatic rings. The van der Waals surface area contributed by atoms with Gasteiger partial charge in [-0.25, -0.2) is 0 Å². The Morgan fingerprint density at radius 3 is 2.23 bits per heavy atom. The van der Waals surface area contributed by atoms with E-state index in [1.807, 2.05) is 49.3 Å². The molecule has 1 amide bonds. The van der Waals surface area contributed by atoms with Crippen LogP contribution in [0.5, 0.6) is 5.75 Å². The molecule has 0 spiro atoms. The van der Waals surface area contributed by atoms with E-state index in [0.29, 0.717) is 14.6 Å². The summed E-state index contributed by atoms with van der Waals surface area (Å²) in [5.41, 5.74) is 4.59. The number of thiocarbonyl (C=S) groups is 1. The number of methoxy groups -OCH3 is 1. The van der Waals surface area contributed by atoms with Crippen molar-refractivity contribution in [3.63, 3.8) is 0 Å². The molecule has 0 atom stereocenters. The smallest absolute Gasteiger partial charge is 0.270 e. The summed E-state index contributed by atoms with van der Waals surface area (Å²) in [5.74, 6) is 3.41. The molecule has 5 fully saturated rings. The van der Waals surface area contributed by atoms with Gasteiger partial charge >= 0.3 is 0 Å². The van der Waals surface area contributed by atoms with Gasteiger partial charge in [-0.15, -0.1) is 0 Å². The number of amides is 1. The van der Waals surface area contributed by atoms with Crippen molar-refractivity contribution < 1.29 is 9.53 Å². The minimum absolute atomic E-state index is 0.0696. The molecule has 1 heterocycles. The highest BCUT2D eigenvalue weighted by Gasteiger charge is 2.51. The van der Waals surface area contributed by atoms with Crippen molar-refractivity contribution >= 4 is 51.7 Å². The zero-order chi connectivity index (χ0) is 24.3. The molecule has 4 nitrogen and oxygen atoms in total. The molecule has 182 valence electrons. The third-order valence-electron chi connectivity index (χ3n) is 8.58. The number of ether oxygens (including phenoxy) is 1. The number of rotatable bonds is 5. The van der Waals surface area contributed by atoms with Gasteiger partial charge in [0, 0.05) is 25.3 Å². The minimum Gasteiger partial charge on any atom is -0.496 e. The number of nitrogens with zero attached hydrogens (tertiary/aromatic N) is 2. The van der Waals surface area contributed by atoms with E-state index in [9.17, 15) is 4.79 Å². The summed E-state index contributed by atoms with van der Waals surface area (Å²) in [7, 11) is 5.71. The highest BCUT2D eigenvalue weighted by Crippen LogP contribution is 2.61. The van der Waals surface area contributed by atoms with Crippen LogP contribution in [0.2, 0.25) is 0 Å². The van der Waals surface area contributed by atoms with Crippen molar-refractivity contribution in [1.29, 1.82) is 0 Å². The van der Waals surface area contributed by atoms with Gasteiger partial charge in [-0.3, -0.25) is 9.69 Å². The number of carbonyl (C=O) groups excluding carboxylic acids is 1. The summed E-state index contributed by atoms with van der Waals surface area (Å²) in [6.45, 7) is 0. The fourth-order valence-electron chi connectivity index (χ4n) is 7.37. The third kappa shape index (κ3) is 3.99. The summed E-state index contributed by atoms with van der Waals surface area (Å²) < 4.78 is 6.29. The van der Waals surface area contributed by atoms with E-state index in [-0.39, 0.29) is 5.91 Å². The number of hydrogen-bond donors (Lipinski definition) is 0. The molecule has 4 saturated carbocycles. The van der Waals surface area contributed by atoms with Crippen LogP contribution in [0.3, 0.4) is 0 Å². The summed E-state index contributed by atoms with van der Waals surface area (Å²) >= 11 is 7.00. The van der Waals surface area contributed by atoms with Crippen LogP contribution >= 0.6 is 24.0 Å². The first-order chi connectivity index (χ1) is 16.8. The van der Waals surface area contributed by atoms with E-state index in [2.05, 4.69) is 18.2 Å². The van der Waals surface area contributed by atoms with Gasteiger partial charge in [-0.2, -0.15) is 0 Å². The summed E-state index contributed by atoms with van der Waals surface area (Å²) in [6.07, 6.45) is 10.2. The fourth-order valence-corrected chi connectivity index (χ4v) is 8.66. The van der Waals surface area contributed by atoms with Crippen LogP contribution in [-0.4, -0.2) is 31.4 Å². The van der Waals surface area contributed by atoms with E-state index in [1.54, 1.807) is 12.0 Å². The quantitative estimate of drug-likeness (QED) is 0.337. The van der Waals surface area contributed by atoms with Crippen LogP contribution in [0.15, 0.2) is 47.4 Å². The maximum absolute atomic E-state index is 13.4. The molecule has 0 radical (unpaired) electrons. The number of anilines is 2. The predicted molar refractivity (Wildman–Crippen MR) is 149 cm³/mol. The fraction of sp³-hybridized carbons (Fsp3) is 0.448. The zero-order valence-corrected chi connectivity index (χ0v) is 22.3. The van der Waals surface area contributed by atoms with Gasteiger partial charge in [-0.1, -0.05) is 30.0 Å². The summed E-state index contributed by atoms with van der Waals surface area (Å²) in [6, 6.07) is 14.6. The maximum atomic E-state index is 13.4. The van der Waals surface area contributed by atoms with E-state index < -0.39 is 0 Å². The van der Waals surface area contributed by atoms with E-state index in [0.717, 1.165) is 40.4 Å². The zero-order valence-electron chi connectivity index (χ0n) is 20.6. The second kappa shape index (κ2) is 8.67. The van der Waals surface area contributed by atoms with Crippen molar-refractivity contribution in [3.05, 3.63) is 58.5 Å². The van der Waals surface area contributed by atoms with Crippen LogP contribution in [-0.2, 0) is 10.2 Å². The number of benzene rings is 2. The average molecular weight is 505 g/mol. The molecule has 1 aliphatic heterocycles. The summed E-state index contributed by atoms with van der Waals surface area (Å²) in [5, 5.41) is 0. The Hall–Kier alpha value is -2.31. The first-order valence-corrected chi connectivity index (χ1v) is 13.8. The monoisotopic (exact) mass is 504 g/mol. The Labute approximate surface area is 217 Å². The first kappa shape index (κ1) is 23.1. The molecule has 4 aliphatic carbocycles. The second-order valence-corrected chi connectivity index (χ2v) is 12.8. The molecule has 6 heteroatoms. The molecular weight excluding hydrogens is 472 g/mol. The highest BCUT2D eigenvalue weighted by atomic mass is 32.2. The SMILES string of the molecule is COc1ccc(C23CC4CC(CC(C4)C2)C3)cc1/C=C1/SC(=S)N(c2ccc(N(C)C)cc2)C1=O. The molecule has 2 aromatic carbocycles. The van der Waals surface area contributed by atoms with Crippen molar-refractivity contribution in [2.24, 2.45) is 17.8 Å². The van der Waals surface area contributed by atoms with Gasteiger partial charge in [0.25, 0.3) is 5.91 Å². The molecule has 5 aliphatic rings. The third-order valence-corrected chi connectivity index (χ3v) is 9.89. The van der Waals surface area contributed by atoms with Crippen molar-refractivity contribution in [3.8, 4) is 5.75 Å². The van der Waals surface area contributed by atoms with Crippen LogP contribution < -0.4 is 14.5 Å². The van der Waals surface area contributed by atoms with Gasteiger partial charge in [0.2, 0.25) is 0 Å². The lowest BCUT2D eigenvalue weighted by Gasteiger charge is -2.57.